The largest absolute Gasteiger partial charge is 0.417 e. The number of hydrogen-bond donors (Lipinski definition) is 0. The third kappa shape index (κ3) is 4.09. The fourth-order valence-electron chi connectivity index (χ4n) is 2.88. The number of anilines is 1. The van der Waals surface area contributed by atoms with Gasteiger partial charge < -0.3 is 19.4 Å². The summed E-state index contributed by atoms with van der Waals surface area (Å²) in [6.07, 6.45) is -3.69. The van der Waals surface area contributed by atoms with Crippen LogP contribution in [0.3, 0.4) is 0 Å². The minimum Gasteiger partial charge on any atom is -0.378 e. The smallest absolute Gasteiger partial charge is 0.378 e. The van der Waals surface area contributed by atoms with Gasteiger partial charge in [-0.1, -0.05) is 11.6 Å². The summed E-state index contributed by atoms with van der Waals surface area (Å²) in [4.78, 5) is 21.6. The molecule has 2 saturated heterocycles. The Kier molecular flexibility index (Phi) is 5.24. The number of alkyl halides is 3. The van der Waals surface area contributed by atoms with Crippen LogP contribution in [0.25, 0.3) is 0 Å². The van der Waals surface area contributed by atoms with Gasteiger partial charge in [0.1, 0.15) is 5.82 Å². The van der Waals surface area contributed by atoms with E-state index in [4.69, 9.17) is 16.3 Å². The number of pyridine rings is 1. The Labute approximate surface area is 148 Å². The molecule has 6 nitrogen and oxygen atoms in total. The normalized spacial score (nSPS) is 19.3. The van der Waals surface area contributed by atoms with Crippen LogP contribution in [0.4, 0.5) is 23.8 Å². The lowest BCUT2D eigenvalue weighted by Crippen LogP contribution is -2.55. The molecule has 0 radical (unpaired) electrons. The van der Waals surface area contributed by atoms with Gasteiger partial charge in [0.15, 0.2) is 0 Å². The molecule has 0 spiro atoms. The Balaban J connectivity index is 1.61. The fraction of sp³-hybridized carbons (Fsp3) is 0.600. The number of morpholine rings is 1. The molecule has 0 N–H and O–H groups in total. The van der Waals surface area contributed by atoms with Gasteiger partial charge in [-0.3, -0.25) is 0 Å². The Morgan fingerprint density at radius 3 is 2.24 bits per heavy atom. The number of halogens is 4. The van der Waals surface area contributed by atoms with E-state index in [0.29, 0.717) is 58.3 Å². The van der Waals surface area contributed by atoms with Crippen molar-refractivity contribution >= 4 is 23.4 Å². The van der Waals surface area contributed by atoms with E-state index in [-0.39, 0.29) is 11.1 Å². The number of carbonyl (C=O) groups is 1. The summed E-state index contributed by atoms with van der Waals surface area (Å²) in [6.45, 7) is 4.09. The molecule has 0 bridgehead atoms. The molecule has 2 aliphatic rings. The van der Waals surface area contributed by atoms with E-state index in [1.807, 2.05) is 0 Å². The summed E-state index contributed by atoms with van der Waals surface area (Å²) in [5.41, 5.74) is -0.873. The van der Waals surface area contributed by atoms with Crippen LogP contribution in [0.15, 0.2) is 12.3 Å². The van der Waals surface area contributed by atoms with Gasteiger partial charge in [0.2, 0.25) is 0 Å². The highest BCUT2D eigenvalue weighted by molar-refractivity contribution is 6.33. The standard InChI is InChI=1S/C15H18ClF3N4O2/c16-12-9-11(15(17,18)19)10-20-13(12)21-1-3-22(4-2-21)14(24)23-5-7-25-8-6-23/h9-10H,1-8H2. The van der Waals surface area contributed by atoms with Gasteiger partial charge in [0.25, 0.3) is 0 Å². The molecule has 2 fully saturated rings. The van der Waals surface area contributed by atoms with Gasteiger partial charge in [-0.2, -0.15) is 13.2 Å². The Morgan fingerprint density at radius 2 is 1.68 bits per heavy atom. The second-order valence-corrected chi connectivity index (χ2v) is 6.29. The molecule has 2 aliphatic heterocycles. The van der Waals surface area contributed by atoms with Crippen molar-refractivity contribution in [3.05, 3.63) is 22.8 Å². The van der Waals surface area contributed by atoms with Crippen LogP contribution in [-0.4, -0.2) is 73.3 Å². The second-order valence-electron chi connectivity index (χ2n) is 5.88. The molecule has 3 rings (SSSR count). The van der Waals surface area contributed by atoms with Crippen LogP contribution in [-0.2, 0) is 10.9 Å². The number of aromatic nitrogens is 1. The predicted octanol–water partition coefficient (Wildman–Crippen LogP) is 2.33. The van der Waals surface area contributed by atoms with Gasteiger partial charge in [0, 0.05) is 45.5 Å². The fourth-order valence-corrected chi connectivity index (χ4v) is 3.17. The SMILES string of the molecule is O=C(N1CCOCC1)N1CCN(c2ncc(C(F)(F)F)cc2Cl)CC1. The highest BCUT2D eigenvalue weighted by atomic mass is 35.5. The highest BCUT2D eigenvalue weighted by Gasteiger charge is 2.33. The summed E-state index contributed by atoms with van der Waals surface area (Å²) in [6, 6.07) is 0.851. The molecule has 0 aliphatic carbocycles. The first-order valence-electron chi connectivity index (χ1n) is 7.95. The average Bonchev–Trinajstić information content (AvgIpc) is 2.61. The zero-order chi connectivity index (χ0) is 18.0. The van der Waals surface area contributed by atoms with E-state index in [9.17, 15) is 18.0 Å². The average molecular weight is 379 g/mol. The maximum Gasteiger partial charge on any atom is 0.417 e. The molecule has 0 atom stereocenters. The van der Waals surface area contributed by atoms with Crippen molar-refractivity contribution < 1.29 is 22.7 Å². The van der Waals surface area contributed by atoms with Gasteiger partial charge in [-0.25, -0.2) is 9.78 Å². The summed E-state index contributed by atoms with van der Waals surface area (Å²) >= 11 is 5.98. The van der Waals surface area contributed by atoms with Crippen molar-refractivity contribution in [2.24, 2.45) is 0 Å². The van der Waals surface area contributed by atoms with E-state index in [1.165, 1.54) is 0 Å². The highest BCUT2D eigenvalue weighted by Crippen LogP contribution is 2.33. The maximum atomic E-state index is 12.7. The number of ether oxygens (including phenoxy) is 1. The second kappa shape index (κ2) is 7.25. The molecule has 138 valence electrons. The zero-order valence-electron chi connectivity index (χ0n) is 13.4. The molecule has 10 heteroatoms. The molecular formula is C15H18ClF3N4O2. The van der Waals surface area contributed by atoms with E-state index in [0.717, 1.165) is 12.3 Å². The molecule has 3 heterocycles. The van der Waals surface area contributed by atoms with Crippen molar-refractivity contribution in [3.8, 4) is 0 Å². The van der Waals surface area contributed by atoms with Crippen molar-refractivity contribution in [2.45, 2.75) is 6.18 Å². The van der Waals surface area contributed by atoms with Gasteiger partial charge in [-0.15, -0.1) is 0 Å². The lowest BCUT2D eigenvalue weighted by molar-refractivity contribution is -0.137. The molecule has 1 aromatic heterocycles. The zero-order valence-corrected chi connectivity index (χ0v) is 14.2. The monoisotopic (exact) mass is 378 g/mol. The maximum absolute atomic E-state index is 12.7. The van der Waals surface area contributed by atoms with Crippen molar-refractivity contribution in [2.75, 3.05) is 57.4 Å². The molecular weight excluding hydrogens is 361 g/mol. The first-order chi connectivity index (χ1) is 11.9. The van der Waals surface area contributed by atoms with Crippen LogP contribution >= 0.6 is 11.6 Å². The van der Waals surface area contributed by atoms with Gasteiger partial charge in [-0.05, 0) is 6.07 Å². The first-order valence-corrected chi connectivity index (χ1v) is 8.33. The van der Waals surface area contributed by atoms with E-state index in [1.54, 1.807) is 14.7 Å². The third-order valence-corrected chi connectivity index (χ3v) is 4.56. The molecule has 0 aromatic carbocycles. The Bertz CT molecular complexity index is 630. The number of carbonyl (C=O) groups excluding carboxylic acids is 1. The van der Waals surface area contributed by atoms with E-state index in [2.05, 4.69) is 4.98 Å². The van der Waals surface area contributed by atoms with E-state index >= 15 is 0 Å². The summed E-state index contributed by atoms with van der Waals surface area (Å²) in [7, 11) is 0. The number of nitrogens with zero attached hydrogens (tertiary/aromatic N) is 4. The van der Waals surface area contributed by atoms with Crippen LogP contribution < -0.4 is 4.90 Å². The number of rotatable bonds is 1. The molecule has 0 unspecified atom stereocenters. The van der Waals surface area contributed by atoms with Crippen molar-refractivity contribution in [1.82, 2.24) is 14.8 Å². The van der Waals surface area contributed by atoms with Crippen molar-refractivity contribution in [1.29, 1.82) is 0 Å². The Hall–Kier alpha value is -1.74. The lowest BCUT2D eigenvalue weighted by Gasteiger charge is -2.39. The summed E-state index contributed by atoms with van der Waals surface area (Å²) in [5, 5.41) is -0.0391. The van der Waals surface area contributed by atoms with Gasteiger partial charge in [0.05, 0.1) is 23.8 Å². The number of piperazine rings is 1. The summed E-state index contributed by atoms with van der Waals surface area (Å²) < 4.78 is 43.3. The van der Waals surface area contributed by atoms with Crippen molar-refractivity contribution in [3.63, 3.8) is 0 Å². The van der Waals surface area contributed by atoms with Crippen LogP contribution in [0.1, 0.15) is 5.56 Å². The van der Waals surface area contributed by atoms with Crippen LogP contribution in [0.2, 0.25) is 5.02 Å². The number of amides is 2. The summed E-state index contributed by atoms with van der Waals surface area (Å²) in [5.74, 6) is 0.313. The van der Waals surface area contributed by atoms with Crippen LogP contribution in [0, 0.1) is 0 Å². The molecule has 1 aromatic rings. The molecule has 25 heavy (non-hydrogen) atoms. The molecule has 0 saturated carbocycles. The first kappa shape index (κ1) is 18.1. The quantitative estimate of drug-likeness (QED) is 0.752. The minimum absolute atomic E-state index is 0.0329. The molecule has 2 amide bonds. The number of urea groups is 1. The third-order valence-electron chi connectivity index (χ3n) is 4.28. The number of hydrogen-bond acceptors (Lipinski definition) is 4. The predicted molar refractivity (Wildman–Crippen MR) is 85.8 cm³/mol. The van der Waals surface area contributed by atoms with Crippen LogP contribution in [0.5, 0.6) is 0 Å². The Morgan fingerprint density at radius 1 is 1.08 bits per heavy atom. The lowest BCUT2D eigenvalue weighted by atomic mass is 10.2. The van der Waals surface area contributed by atoms with E-state index < -0.39 is 11.7 Å². The topological polar surface area (TPSA) is 48.9 Å². The minimum atomic E-state index is -4.47. The van der Waals surface area contributed by atoms with Gasteiger partial charge >= 0.3 is 12.2 Å².